The largest absolute Gasteiger partial charge is 0.324 e. The minimum absolute atomic E-state index is 0.126. The van der Waals surface area contributed by atoms with Gasteiger partial charge in [-0.2, -0.15) is 0 Å². The number of imide groups is 1. The van der Waals surface area contributed by atoms with Crippen LogP contribution in [0.2, 0.25) is 0 Å². The molecule has 0 spiro atoms. The predicted molar refractivity (Wildman–Crippen MR) is 108 cm³/mol. The van der Waals surface area contributed by atoms with Crippen molar-refractivity contribution in [2.24, 2.45) is 0 Å². The van der Waals surface area contributed by atoms with E-state index in [1.807, 2.05) is 85.4 Å². The normalized spacial score (nSPS) is 17.0. The quantitative estimate of drug-likeness (QED) is 0.629. The van der Waals surface area contributed by atoms with Crippen LogP contribution in [0.25, 0.3) is 5.69 Å². The van der Waals surface area contributed by atoms with Crippen LogP contribution in [0.3, 0.4) is 0 Å². The first-order valence-electron chi connectivity index (χ1n) is 8.87. The van der Waals surface area contributed by atoms with Gasteiger partial charge in [-0.3, -0.25) is 9.59 Å². The molecule has 1 aliphatic heterocycles. The second-order valence-electron chi connectivity index (χ2n) is 6.70. The Hall–Kier alpha value is -2.79. The molecule has 2 heterocycles. The maximum atomic E-state index is 13.0. The molecule has 3 aromatic rings. The summed E-state index contributed by atoms with van der Waals surface area (Å²) in [4.78, 5) is 27.9. The van der Waals surface area contributed by atoms with Crippen molar-refractivity contribution in [1.82, 2.24) is 4.57 Å². The monoisotopic (exact) mass is 376 g/mol. The fourth-order valence-corrected chi connectivity index (χ4v) is 4.51. The number of hydrogen-bond donors (Lipinski definition) is 0. The van der Waals surface area contributed by atoms with Gasteiger partial charge in [0, 0.05) is 29.4 Å². The number of nitrogens with zero attached hydrogens (tertiary/aromatic N) is 2. The van der Waals surface area contributed by atoms with Gasteiger partial charge in [0.15, 0.2) is 0 Å². The highest BCUT2D eigenvalue weighted by atomic mass is 32.2. The molecule has 2 amide bonds. The number of para-hydroxylation sites is 1. The summed E-state index contributed by atoms with van der Waals surface area (Å²) in [5, 5.41) is -0.381. The smallest absolute Gasteiger partial charge is 0.247 e. The SMILES string of the molecule is Cc1cccc(C)c1N1C(=O)CC(Sc2ccc(-n3cccc3)cc2)C1=O. The minimum Gasteiger partial charge on any atom is -0.324 e. The fraction of sp³-hybridized carbons (Fsp3) is 0.182. The van der Waals surface area contributed by atoms with Crippen molar-refractivity contribution in [3.05, 3.63) is 78.1 Å². The molecule has 1 aromatic heterocycles. The van der Waals surface area contributed by atoms with Crippen LogP contribution in [0.15, 0.2) is 71.9 Å². The van der Waals surface area contributed by atoms with Crippen LogP contribution in [0, 0.1) is 13.8 Å². The van der Waals surface area contributed by atoms with E-state index in [1.165, 1.54) is 16.7 Å². The molecule has 1 atom stereocenters. The molecule has 27 heavy (non-hydrogen) atoms. The van der Waals surface area contributed by atoms with E-state index in [2.05, 4.69) is 0 Å². The number of amides is 2. The molecular formula is C22H20N2O2S. The summed E-state index contributed by atoms with van der Waals surface area (Å²) in [5.41, 5.74) is 3.69. The number of aromatic nitrogens is 1. The fourth-order valence-electron chi connectivity index (χ4n) is 3.46. The molecule has 4 rings (SSSR count). The molecule has 136 valence electrons. The molecule has 4 nitrogen and oxygen atoms in total. The van der Waals surface area contributed by atoms with Crippen LogP contribution in [-0.2, 0) is 9.59 Å². The standard InChI is InChI=1S/C22H20N2O2S/c1-15-6-5-7-16(2)21(15)24-20(25)14-19(22(24)26)27-18-10-8-17(9-11-18)23-12-3-4-13-23/h3-13,19H,14H2,1-2H3. The van der Waals surface area contributed by atoms with E-state index in [4.69, 9.17) is 0 Å². The van der Waals surface area contributed by atoms with Gasteiger partial charge in [0.2, 0.25) is 11.8 Å². The lowest BCUT2D eigenvalue weighted by Crippen LogP contribution is -2.32. The van der Waals surface area contributed by atoms with Gasteiger partial charge in [-0.05, 0) is 61.4 Å². The van der Waals surface area contributed by atoms with Crippen molar-refractivity contribution in [2.45, 2.75) is 30.4 Å². The second kappa shape index (κ2) is 7.08. The highest BCUT2D eigenvalue weighted by molar-refractivity contribution is 8.00. The Kier molecular flexibility index (Phi) is 4.62. The van der Waals surface area contributed by atoms with Gasteiger partial charge in [-0.25, -0.2) is 4.90 Å². The van der Waals surface area contributed by atoms with E-state index >= 15 is 0 Å². The lowest BCUT2D eigenvalue weighted by atomic mass is 10.1. The molecule has 0 saturated carbocycles. The zero-order valence-electron chi connectivity index (χ0n) is 15.3. The van der Waals surface area contributed by atoms with Crippen LogP contribution >= 0.6 is 11.8 Å². The summed E-state index contributed by atoms with van der Waals surface area (Å²) in [6.07, 6.45) is 4.21. The number of benzene rings is 2. The van der Waals surface area contributed by atoms with Crippen LogP contribution in [0.5, 0.6) is 0 Å². The average molecular weight is 376 g/mol. The van der Waals surface area contributed by atoms with Crippen molar-refractivity contribution in [1.29, 1.82) is 0 Å². The number of anilines is 1. The van der Waals surface area contributed by atoms with Gasteiger partial charge < -0.3 is 4.57 Å². The van der Waals surface area contributed by atoms with Crippen molar-refractivity contribution in [3.8, 4) is 5.69 Å². The van der Waals surface area contributed by atoms with Crippen LogP contribution in [0.4, 0.5) is 5.69 Å². The maximum absolute atomic E-state index is 13.0. The molecule has 1 aliphatic rings. The highest BCUT2D eigenvalue weighted by Gasteiger charge is 2.41. The Labute approximate surface area is 162 Å². The minimum atomic E-state index is -0.381. The predicted octanol–water partition coefficient (Wildman–Crippen LogP) is 4.52. The molecule has 1 saturated heterocycles. The Morgan fingerprint density at radius 3 is 2.15 bits per heavy atom. The maximum Gasteiger partial charge on any atom is 0.247 e. The Balaban J connectivity index is 1.54. The number of carbonyl (C=O) groups is 2. The molecule has 0 aliphatic carbocycles. The number of carbonyl (C=O) groups excluding carboxylic acids is 2. The zero-order chi connectivity index (χ0) is 19.0. The number of thioether (sulfide) groups is 1. The zero-order valence-corrected chi connectivity index (χ0v) is 16.1. The number of hydrogen-bond acceptors (Lipinski definition) is 3. The van der Waals surface area contributed by atoms with Crippen molar-refractivity contribution >= 4 is 29.3 Å². The summed E-state index contributed by atoms with van der Waals surface area (Å²) in [7, 11) is 0. The van der Waals surface area contributed by atoms with Gasteiger partial charge in [-0.1, -0.05) is 18.2 Å². The molecule has 2 aromatic carbocycles. The van der Waals surface area contributed by atoms with Crippen molar-refractivity contribution in [3.63, 3.8) is 0 Å². The first-order chi connectivity index (χ1) is 13.0. The van der Waals surface area contributed by atoms with E-state index in [9.17, 15) is 9.59 Å². The Bertz CT molecular complexity index is 973. The third kappa shape index (κ3) is 3.30. The van der Waals surface area contributed by atoms with E-state index in [0.717, 1.165) is 27.4 Å². The topological polar surface area (TPSA) is 42.3 Å². The van der Waals surface area contributed by atoms with Crippen LogP contribution in [-0.4, -0.2) is 21.6 Å². The molecule has 1 fully saturated rings. The van der Waals surface area contributed by atoms with E-state index in [-0.39, 0.29) is 23.5 Å². The first kappa shape index (κ1) is 17.6. The molecule has 1 unspecified atom stereocenters. The van der Waals surface area contributed by atoms with Crippen molar-refractivity contribution in [2.75, 3.05) is 4.90 Å². The molecule has 5 heteroatoms. The van der Waals surface area contributed by atoms with Gasteiger partial charge in [0.05, 0.1) is 10.9 Å². The van der Waals surface area contributed by atoms with E-state index in [1.54, 1.807) is 0 Å². The van der Waals surface area contributed by atoms with E-state index in [0.29, 0.717) is 0 Å². The Morgan fingerprint density at radius 2 is 1.52 bits per heavy atom. The van der Waals surface area contributed by atoms with Crippen LogP contribution < -0.4 is 4.90 Å². The molecule has 0 bridgehead atoms. The van der Waals surface area contributed by atoms with Gasteiger partial charge in [-0.15, -0.1) is 11.8 Å². The summed E-state index contributed by atoms with van der Waals surface area (Å²) in [6.45, 7) is 3.87. The summed E-state index contributed by atoms with van der Waals surface area (Å²) < 4.78 is 2.03. The number of aryl methyl sites for hydroxylation is 2. The van der Waals surface area contributed by atoms with Crippen LogP contribution in [0.1, 0.15) is 17.5 Å². The molecular weight excluding hydrogens is 356 g/mol. The second-order valence-corrected chi connectivity index (χ2v) is 7.98. The van der Waals surface area contributed by atoms with Gasteiger partial charge in [0.25, 0.3) is 0 Å². The third-order valence-electron chi connectivity index (χ3n) is 4.79. The highest BCUT2D eigenvalue weighted by Crippen LogP contribution is 2.36. The van der Waals surface area contributed by atoms with E-state index < -0.39 is 0 Å². The average Bonchev–Trinajstić information content (AvgIpc) is 3.27. The lowest BCUT2D eigenvalue weighted by molar-refractivity contribution is -0.121. The lowest BCUT2D eigenvalue weighted by Gasteiger charge is -2.19. The molecule has 0 N–H and O–H groups in total. The van der Waals surface area contributed by atoms with Gasteiger partial charge >= 0.3 is 0 Å². The third-order valence-corrected chi connectivity index (χ3v) is 5.98. The Morgan fingerprint density at radius 1 is 0.889 bits per heavy atom. The molecule has 0 radical (unpaired) electrons. The van der Waals surface area contributed by atoms with Gasteiger partial charge in [0.1, 0.15) is 0 Å². The van der Waals surface area contributed by atoms with Crippen molar-refractivity contribution < 1.29 is 9.59 Å². The summed E-state index contributed by atoms with van der Waals surface area (Å²) in [6, 6.07) is 17.8. The number of rotatable bonds is 4. The summed E-state index contributed by atoms with van der Waals surface area (Å²) >= 11 is 1.46. The summed E-state index contributed by atoms with van der Waals surface area (Å²) in [5.74, 6) is -0.254. The first-order valence-corrected chi connectivity index (χ1v) is 9.75.